The molecule has 6 nitrogen and oxygen atoms in total. The molecule has 0 radical (unpaired) electrons. The highest BCUT2D eigenvalue weighted by molar-refractivity contribution is 6.39. The van der Waals surface area contributed by atoms with Gasteiger partial charge in [0, 0.05) is 23.6 Å². The van der Waals surface area contributed by atoms with Gasteiger partial charge in [-0.25, -0.2) is 0 Å². The summed E-state index contributed by atoms with van der Waals surface area (Å²) in [4.78, 5) is 27.8. The fraction of sp³-hybridized carbons (Fsp3) is 0.208. The number of halogens is 2. The highest BCUT2D eigenvalue weighted by atomic mass is 35.5. The molecule has 3 rings (SSSR count). The van der Waals surface area contributed by atoms with E-state index < -0.39 is 12.0 Å². The Labute approximate surface area is 196 Å². The normalized spacial score (nSPS) is 11.6. The molecule has 2 aromatic carbocycles. The van der Waals surface area contributed by atoms with Crippen molar-refractivity contribution in [1.82, 2.24) is 4.98 Å². The van der Waals surface area contributed by atoms with E-state index in [4.69, 9.17) is 23.2 Å². The molecule has 0 aliphatic carbocycles. The summed E-state index contributed by atoms with van der Waals surface area (Å²) in [5.41, 5.74) is 4.51. The number of nitrogens with zero attached hydrogens (tertiary/aromatic N) is 1. The van der Waals surface area contributed by atoms with Gasteiger partial charge >= 0.3 is 5.97 Å². The monoisotopic (exact) mass is 471 g/mol. The van der Waals surface area contributed by atoms with Gasteiger partial charge in [0.05, 0.1) is 15.7 Å². The Bertz CT molecular complexity index is 1110. The second-order valence-corrected chi connectivity index (χ2v) is 8.11. The predicted molar refractivity (Wildman–Crippen MR) is 129 cm³/mol. The number of rotatable bonds is 8. The molecule has 1 aromatic heterocycles. The Morgan fingerprint density at radius 3 is 2.31 bits per heavy atom. The van der Waals surface area contributed by atoms with Crippen molar-refractivity contribution >= 4 is 46.5 Å². The van der Waals surface area contributed by atoms with E-state index in [-0.39, 0.29) is 16.0 Å². The predicted octanol–water partition coefficient (Wildman–Crippen LogP) is 6.15. The lowest BCUT2D eigenvalue weighted by molar-refractivity contribution is -0.137. The van der Waals surface area contributed by atoms with Gasteiger partial charge in [-0.2, -0.15) is 0 Å². The molecule has 0 aliphatic heterocycles. The van der Waals surface area contributed by atoms with Crippen LogP contribution in [0.5, 0.6) is 0 Å². The van der Waals surface area contributed by atoms with Crippen LogP contribution >= 0.6 is 23.2 Å². The summed E-state index contributed by atoms with van der Waals surface area (Å²) in [6.45, 7) is 3.68. The molecule has 1 unspecified atom stereocenters. The van der Waals surface area contributed by atoms with Gasteiger partial charge in [-0.1, -0.05) is 60.8 Å². The van der Waals surface area contributed by atoms with Crippen molar-refractivity contribution in [1.29, 1.82) is 0 Å². The van der Waals surface area contributed by atoms with Crippen LogP contribution in [0.15, 0.2) is 54.9 Å². The number of carboxylic acid groups (broad SMARTS) is 1. The molecular weight excluding hydrogens is 449 g/mol. The number of anilines is 2. The van der Waals surface area contributed by atoms with Crippen molar-refractivity contribution in [2.75, 3.05) is 10.6 Å². The first-order valence-corrected chi connectivity index (χ1v) is 10.9. The lowest BCUT2D eigenvalue weighted by Crippen LogP contribution is -2.26. The molecule has 32 heavy (non-hydrogen) atoms. The number of amides is 1. The van der Waals surface area contributed by atoms with Crippen LogP contribution in [0.25, 0.3) is 11.1 Å². The summed E-state index contributed by atoms with van der Waals surface area (Å²) >= 11 is 12.2. The maximum atomic E-state index is 12.7. The van der Waals surface area contributed by atoms with Gasteiger partial charge in [0.2, 0.25) is 0 Å². The number of nitrogens with one attached hydrogen (secondary N) is 2. The van der Waals surface area contributed by atoms with E-state index in [1.807, 2.05) is 30.3 Å². The lowest BCUT2D eigenvalue weighted by atomic mass is 9.94. The third kappa shape index (κ3) is 5.39. The molecule has 0 aliphatic rings. The number of aromatic nitrogens is 1. The van der Waals surface area contributed by atoms with Crippen LogP contribution in [0.1, 0.15) is 36.2 Å². The van der Waals surface area contributed by atoms with Crippen molar-refractivity contribution in [3.8, 4) is 11.1 Å². The number of aliphatic carboxylic acids is 1. The van der Waals surface area contributed by atoms with Crippen LogP contribution in [0, 0.1) is 0 Å². The number of carboxylic acids is 1. The molecule has 1 heterocycles. The molecule has 166 valence electrons. The minimum atomic E-state index is -0.914. The zero-order chi connectivity index (χ0) is 23.3. The summed E-state index contributed by atoms with van der Waals surface area (Å²) in [5.74, 6) is -1.26. The highest BCUT2D eigenvalue weighted by Gasteiger charge is 2.16. The molecule has 8 heteroatoms. The first-order chi connectivity index (χ1) is 15.3. The van der Waals surface area contributed by atoms with Crippen LogP contribution in [0.2, 0.25) is 10.0 Å². The van der Waals surface area contributed by atoms with E-state index >= 15 is 0 Å². The van der Waals surface area contributed by atoms with Gasteiger partial charge < -0.3 is 15.7 Å². The number of pyridine rings is 1. The van der Waals surface area contributed by atoms with Crippen molar-refractivity contribution < 1.29 is 14.7 Å². The summed E-state index contributed by atoms with van der Waals surface area (Å²) in [5, 5.41) is 15.6. The lowest BCUT2D eigenvalue weighted by Gasteiger charge is -2.18. The van der Waals surface area contributed by atoms with E-state index in [1.165, 1.54) is 12.4 Å². The molecule has 0 saturated heterocycles. The number of carbonyl (C=O) groups excluding carboxylic acids is 1. The Hall–Kier alpha value is -3.09. The molecule has 0 bridgehead atoms. The number of carbonyl (C=O) groups is 2. The SMILES string of the molecule is CCCc1c(NC(C)C(=O)O)cccc1-c1ccc(C(=O)Nc2c(Cl)cncc2Cl)cc1. The Morgan fingerprint density at radius 1 is 1.06 bits per heavy atom. The van der Waals surface area contributed by atoms with Crippen LogP contribution < -0.4 is 10.6 Å². The molecule has 3 aromatic rings. The first-order valence-electron chi connectivity index (χ1n) is 10.1. The van der Waals surface area contributed by atoms with Gasteiger partial charge in [0.1, 0.15) is 6.04 Å². The van der Waals surface area contributed by atoms with Crippen molar-refractivity contribution in [2.45, 2.75) is 32.7 Å². The molecule has 1 amide bonds. The summed E-state index contributed by atoms with van der Waals surface area (Å²) in [7, 11) is 0. The number of hydrogen-bond acceptors (Lipinski definition) is 4. The average Bonchev–Trinajstić information content (AvgIpc) is 2.77. The highest BCUT2D eigenvalue weighted by Crippen LogP contribution is 2.32. The van der Waals surface area contributed by atoms with E-state index in [0.29, 0.717) is 11.3 Å². The van der Waals surface area contributed by atoms with Gasteiger partial charge in [-0.15, -0.1) is 0 Å². The van der Waals surface area contributed by atoms with E-state index in [0.717, 1.165) is 35.2 Å². The smallest absolute Gasteiger partial charge is 0.325 e. The van der Waals surface area contributed by atoms with E-state index in [9.17, 15) is 14.7 Å². The first kappa shape index (κ1) is 23.6. The second-order valence-electron chi connectivity index (χ2n) is 7.30. The topological polar surface area (TPSA) is 91.3 Å². The van der Waals surface area contributed by atoms with Crippen molar-refractivity contribution in [3.63, 3.8) is 0 Å². The molecule has 0 saturated carbocycles. The maximum Gasteiger partial charge on any atom is 0.325 e. The van der Waals surface area contributed by atoms with Gasteiger partial charge in [-0.05, 0) is 48.2 Å². The largest absolute Gasteiger partial charge is 0.480 e. The van der Waals surface area contributed by atoms with Crippen LogP contribution in [0.4, 0.5) is 11.4 Å². The summed E-state index contributed by atoms with van der Waals surface area (Å²) in [6.07, 6.45) is 4.51. The Balaban J connectivity index is 1.88. The number of benzene rings is 2. The third-order valence-corrected chi connectivity index (χ3v) is 5.54. The van der Waals surface area contributed by atoms with E-state index in [2.05, 4.69) is 22.5 Å². The van der Waals surface area contributed by atoms with Crippen LogP contribution in [-0.2, 0) is 11.2 Å². The Kier molecular flexibility index (Phi) is 7.72. The van der Waals surface area contributed by atoms with Crippen LogP contribution in [-0.4, -0.2) is 28.0 Å². The average molecular weight is 472 g/mol. The number of hydrogen-bond donors (Lipinski definition) is 3. The Morgan fingerprint density at radius 2 is 1.72 bits per heavy atom. The van der Waals surface area contributed by atoms with Gasteiger partial charge in [-0.3, -0.25) is 14.6 Å². The minimum Gasteiger partial charge on any atom is -0.480 e. The zero-order valence-electron chi connectivity index (χ0n) is 17.7. The molecule has 3 N–H and O–H groups in total. The second kappa shape index (κ2) is 10.5. The van der Waals surface area contributed by atoms with Gasteiger partial charge in [0.25, 0.3) is 5.91 Å². The summed E-state index contributed by atoms with van der Waals surface area (Å²) < 4.78 is 0. The molecular formula is C24H23Cl2N3O3. The van der Waals surface area contributed by atoms with E-state index in [1.54, 1.807) is 19.1 Å². The quantitative estimate of drug-likeness (QED) is 0.366. The molecule has 0 spiro atoms. The van der Waals surface area contributed by atoms with Crippen molar-refractivity contribution in [2.24, 2.45) is 0 Å². The van der Waals surface area contributed by atoms with Crippen LogP contribution in [0.3, 0.4) is 0 Å². The standard InChI is InChI=1S/C24H23Cl2N3O3/c1-3-5-18-17(6-4-7-21(18)28-14(2)24(31)32)15-8-10-16(11-9-15)23(30)29-22-19(25)12-27-13-20(22)26/h4,6-14,28H,3,5H2,1-2H3,(H,31,32)(H,27,29,30). The fourth-order valence-corrected chi connectivity index (χ4v) is 3.78. The summed E-state index contributed by atoms with van der Waals surface area (Å²) in [6, 6.07) is 12.2. The van der Waals surface area contributed by atoms with Gasteiger partial charge in [0.15, 0.2) is 0 Å². The third-order valence-electron chi connectivity index (χ3n) is 4.97. The zero-order valence-corrected chi connectivity index (χ0v) is 19.2. The maximum absolute atomic E-state index is 12.7. The van der Waals surface area contributed by atoms with Crippen molar-refractivity contribution in [3.05, 3.63) is 76.0 Å². The fourth-order valence-electron chi connectivity index (χ4n) is 3.32. The molecule has 0 fully saturated rings. The minimum absolute atomic E-state index is 0.256. The molecule has 1 atom stereocenters.